The lowest BCUT2D eigenvalue weighted by Gasteiger charge is -2.02. The topological polar surface area (TPSA) is 25.8 Å². The van der Waals surface area contributed by atoms with Crippen molar-refractivity contribution in [2.75, 3.05) is 0 Å². The molecule has 0 unspecified atom stereocenters. The fraction of sp³-hybridized carbons (Fsp3) is 0.842. The Hall–Kier alpha value is 0.440. The van der Waals surface area contributed by atoms with E-state index in [2.05, 4.69) is 47.0 Å². The van der Waals surface area contributed by atoms with Gasteiger partial charge in [-0.2, -0.15) is 0 Å². The van der Waals surface area contributed by atoms with Crippen LogP contribution in [0, 0.1) is 0 Å². The molecule has 0 amide bonds. The zero-order valence-corrected chi connectivity index (χ0v) is 33.5. The van der Waals surface area contributed by atoms with E-state index in [4.69, 9.17) is 0 Å². The van der Waals surface area contributed by atoms with Crippen LogP contribution >= 0.6 is 54.5 Å². The molecule has 0 fully saturated rings. The third kappa shape index (κ3) is 32.7. The van der Waals surface area contributed by atoms with E-state index in [-0.39, 0.29) is 0 Å². The van der Waals surface area contributed by atoms with Crippen LogP contribution in [-0.4, -0.2) is 10.2 Å². The number of allylic oxidation sites excluding steroid dienone is 2. The van der Waals surface area contributed by atoms with E-state index in [1.54, 1.807) is 54.5 Å². The highest BCUT2D eigenvalue weighted by Crippen LogP contribution is 2.40. The lowest BCUT2D eigenvalue weighted by molar-refractivity contribution is 0.536. The van der Waals surface area contributed by atoms with Gasteiger partial charge in [0.1, 0.15) is 0 Å². The lowest BCUT2D eigenvalue weighted by Crippen LogP contribution is -1.83. The Kier molecular flexibility index (Phi) is 36.0. The average Bonchev–Trinajstić information content (AvgIpc) is 3.51. The third-order valence-corrected chi connectivity index (χ3v) is 14.0. The Morgan fingerprint density at radius 1 is 0.400 bits per heavy atom. The lowest BCUT2D eigenvalue weighted by atomic mass is 10.0. The van der Waals surface area contributed by atoms with Crippen molar-refractivity contribution in [1.29, 1.82) is 0 Å². The zero-order chi connectivity index (χ0) is 32.1. The molecular weight excluding hydrogens is 645 g/mol. The van der Waals surface area contributed by atoms with Gasteiger partial charge in [-0.3, -0.25) is 0 Å². The monoisotopic (exact) mass is 714 g/mol. The summed E-state index contributed by atoms with van der Waals surface area (Å²) >= 11 is 1.71. The van der Waals surface area contributed by atoms with Gasteiger partial charge in [-0.1, -0.05) is 226 Å². The van der Waals surface area contributed by atoms with Gasteiger partial charge in [0.15, 0.2) is 8.68 Å². The first-order valence-electron chi connectivity index (χ1n) is 19.2. The van der Waals surface area contributed by atoms with E-state index in [0.717, 1.165) is 8.68 Å². The minimum atomic E-state index is 1.05. The molecule has 1 aromatic heterocycles. The molecule has 0 atom stereocenters. The Morgan fingerprint density at radius 2 is 0.667 bits per heavy atom. The van der Waals surface area contributed by atoms with Crippen molar-refractivity contribution >= 4 is 54.5 Å². The highest BCUT2D eigenvalue weighted by atomic mass is 33.1. The Morgan fingerprint density at radius 3 is 0.956 bits per heavy atom. The van der Waals surface area contributed by atoms with Crippen LogP contribution in [0.3, 0.4) is 0 Å². The number of rotatable bonds is 36. The van der Waals surface area contributed by atoms with Gasteiger partial charge in [-0.15, -0.1) is 10.2 Å². The Labute approximate surface area is 301 Å². The molecule has 0 saturated heterocycles. The summed E-state index contributed by atoms with van der Waals surface area (Å²) in [6.45, 7) is 4.60. The summed E-state index contributed by atoms with van der Waals surface area (Å²) in [7, 11) is 7.00. The predicted octanol–water partition coefficient (Wildman–Crippen LogP) is 16.8. The average molecular weight is 715 g/mol. The molecule has 0 saturated carbocycles. The molecule has 1 heterocycles. The van der Waals surface area contributed by atoms with Gasteiger partial charge in [-0.05, 0) is 58.1 Å². The summed E-state index contributed by atoms with van der Waals surface area (Å²) in [6, 6.07) is 0. The molecule has 1 rings (SSSR count). The van der Waals surface area contributed by atoms with E-state index in [1.807, 2.05) is 0 Å². The molecule has 0 aliphatic rings. The van der Waals surface area contributed by atoms with Crippen LogP contribution in [0.1, 0.15) is 206 Å². The summed E-state index contributed by atoms with van der Waals surface area (Å²) in [5, 5.41) is 13.2. The van der Waals surface area contributed by atoms with Crippen molar-refractivity contribution < 1.29 is 0 Å². The molecule has 0 aliphatic heterocycles. The Balaban J connectivity index is 1.83. The van der Waals surface area contributed by atoms with Gasteiger partial charge in [0, 0.05) is 0 Å². The zero-order valence-electron chi connectivity index (χ0n) is 29.5. The third-order valence-electron chi connectivity index (χ3n) is 8.38. The molecule has 45 heavy (non-hydrogen) atoms. The summed E-state index contributed by atoms with van der Waals surface area (Å²) in [4.78, 5) is 0. The summed E-state index contributed by atoms with van der Waals surface area (Å²) < 4.78 is 2.10. The van der Waals surface area contributed by atoms with Gasteiger partial charge in [0.2, 0.25) is 0 Å². The molecule has 0 spiro atoms. The van der Waals surface area contributed by atoms with Crippen LogP contribution in [0.4, 0.5) is 0 Å². The SMILES string of the molecule is CCCCCCCCCCCCCCCCC=CSSc1nnc(SSC=CCCCCCCCCCCCCCCCC)s1. The second-order valence-corrected chi connectivity index (χ2v) is 18.4. The number of aromatic nitrogens is 2. The first-order valence-corrected chi connectivity index (χ1v) is 24.4. The second-order valence-electron chi connectivity index (χ2n) is 12.7. The molecule has 262 valence electrons. The fourth-order valence-electron chi connectivity index (χ4n) is 5.53. The molecule has 0 aromatic carbocycles. The minimum Gasteiger partial charge on any atom is -0.130 e. The maximum atomic E-state index is 4.35. The molecular formula is C38H70N2S5. The highest BCUT2D eigenvalue weighted by Gasteiger charge is 2.05. The number of hydrogen-bond acceptors (Lipinski definition) is 7. The maximum Gasteiger partial charge on any atom is 0.186 e. The maximum absolute atomic E-state index is 4.35. The van der Waals surface area contributed by atoms with Gasteiger partial charge in [0.25, 0.3) is 0 Å². The standard InChI is InChI=1S/C38H70N2S5/c1-3-5-7-9-11-13-15-17-19-21-23-25-27-29-31-33-35-41-44-37-39-40-38(43-37)45-42-36-34-32-30-28-26-24-22-20-18-16-14-12-10-8-6-4-2/h33-36H,3-32H2,1-2H3. The summed E-state index contributed by atoms with van der Waals surface area (Å²) in [5.74, 6) is 0. The minimum absolute atomic E-state index is 1.05. The van der Waals surface area contributed by atoms with Crippen LogP contribution in [0.5, 0.6) is 0 Å². The number of unbranched alkanes of at least 4 members (excludes halogenated alkanes) is 28. The van der Waals surface area contributed by atoms with Crippen molar-refractivity contribution in [3.8, 4) is 0 Å². The molecule has 0 aliphatic carbocycles. The van der Waals surface area contributed by atoms with Gasteiger partial charge < -0.3 is 0 Å². The molecule has 7 heteroatoms. The predicted molar refractivity (Wildman–Crippen MR) is 215 cm³/mol. The van der Waals surface area contributed by atoms with E-state index < -0.39 is 0 Å². The molecule has 0 N–H and O–H groups in total. The number of hydrogen-bond donors (Lipinski definition) is 0. The summed E-state index contributed by atoms with van der Waals surface area (Å²) in [6.07, 6.45) is 46.9. The van der Waals surface area contributed by atoms with Crippen molar-refractivity contribution in [3.05, 3.63) is 23.0 Å². The first-order chi connectivity index (χ1) is 22.4. The van der Waals surface area contributed by atoms with Gasteiger partial charge in [0.05, 0.1) is 0 Å². The largest absolute Gasteiger partial charge is 0.186 e. The fourth-order valence-corrected chi connectivity index (χ4v) is 10.4. The number of nitrogens with zero attached hydrogens (tertiary/aromatic N) is 2. The summed E-state index contributed by atoms with van der Waals surface area (Å²) in [5.41, 5.74) is 0. The van der Waals surface area contributed by atoms with Crippen LogP contribution in [0.15, 0.2) is 31.6 Å². The van der Waals surface area contributed by atoms with E-state index >= 15 is 0 Å². The normalized spacial score (nSPS) is 12.0. The van der Waals surface area contributed by atoms with Gasteiger partial charge in [-0.25, -0.2) is 0 Å². The van der Waals surface area contributed by atoms with Gasteiger partial charge >= 0.3 is 0 Å². The molecule has 1 aromatic rings. The van der Waals surface area contributed by atoms with E-state index in [0.29, 0.717) is 0 Å². The van der Waals surface area contributed by atoms with Crippen molar-refractivity contribution in [1.82, 2.24) is 10.2 Å². The first kappa shape index (κ1) is 43.5. The smallest absolute Gasteiger partial charge is 0.130 e. The van der Waals surface area contributed by atoms with E-state index in [1.165, 1.54) is 193 Å². The van der Waals surface area contributed by atoms with Crippen molar-refractivity contribution in [3.63, 3.8) is 0 Å². The highest BCUT2D eigenvalue weighted by molar-refractivity contribution is 8.78. The van der Waals surface area contributed by atoms with Crippen LogP contribution in [0.2, 0.25) is 0 Å². The van der Waals surface area contributed by atoms with E-state index in [9.17, 15) is 0 Å². The van der Waals surface area contributed by atoms with Crippen molar-refractivity contribution in [2.45, 2.75) is 215 Å². The molecule has 2 nitrogen and oxygen atoms in total. The Bertz CT molecular complexity index is 707. The quantitative estimate of drug-likeness (QED) is 0.0507. The van der Waals surface area contributed by atoms with Crippen LogP contribution in [0.25, 0.3) is 0 Å². The second kappa shape index (κ2) is 37.3. The van der Waals surface area contributed by atoms with Crippen LogP contribution in [-0.2, 0) is 0 Å². The molecule has 0 radical (unpaired) electrons. The van der Waals surface area contributed by atoms with Crippen molar-refractivity contribution in [2.24, 2.45) is 0 Å². The van der Waals surface area contributed by atoms with Crippen LogP contribution < -0.4 is 0 Å². The molecule has 0 bridgehead atoms.